The lowest BCUT2D eigenvalue weighted by Crippen LogP contribution is -2.32. The molecule has 1 aliphatic carbocycles. The normalized spacial score (nSPS) is 24.7. The largest absolute Gasteiger partial charge is 0.337 e. The molecular formula is C17H20N4O. The van der Waals surface area contributed by atoms with Crippen molar-refractivity contribution < 1.29 is 4.79 Å². The molecule has 1 aromatic heterocycles. The van der Waals surface area contributed by atoms with E-state index in [1.54, 1.807) is 12.5 Å². The van der Waals surface area contributed by atoms with Gasteiger partial charge in [0.15, 0.2) is 0 Å². The van der Waals surface area contributed by atoms with Gasteiger partial charge >= 0.3 is 0 Å². The summed E-state index contributed by atoms with van der Waals surface area (Å²) in [6, 6.07) is 7.80. The van der Waals surface area contributed by atoms with Crippen molar-refractivity contribution in [2.75, 3.05) is 13.1 Å². The van der Waals surface area contributed by atoms with Crippen molar-refractivity contribution in [3.63, 3.8) is 0 Å². The van der Waals surface area contributed by atoms with Crippen molar-refractivity contribution in [2.45, 2.75) is 18.9 Å². The number of carbonyl (C=O) groups is 1. The molecule has 0 spiro atoms. The van der Waals surface area contributed by atoms with E-state index in [-0.39, 0.29) is 11.9 Å². The quantitative estimate of drug-likeness (QED) is 0.937. The molecule has 2 atom stereocenters. The Morgan fingerprint density at radius 2 is 1.95 bits per heavy atom. The fourth-order valence-electron chi connectivity index (χ4n) is 3.41. The molecule has 4 rings (SSSR count). The first kappa shape index (κ1) is 13.5. The molecule has 5 heteroatoms. The minimum Gasteiger partial charge on any atom is -0.337 e. The number of aromatic nitrogens is 2. The maximum atomic E-state index is 12.6. The van der Waals surface area contributed by atoms with Crippen LogP contribution in [0.3, 0.4) is 0 Å². The first-order valence-electron chi connectivity index (χ1n) is 7.85. The summed E-state index contributed by atoms with van der Waals surface area (Å²) in [6.45, 7) is 1.50. The van der Waals surface area contributed by atoms with Crippen LogP contribution in [0.1, 0.15) is 23.2 Å². The summed E-state index contributed by atoms with van der Waals surface area (Å²) < 4.78 is 1.92. The number of nitrogens with two attached hydrogens (primary N) is 1. The Labute approximate surface area is 129 Å². The van der Waals surface area contributed by atoms with Gasteiger partial charge in [0, 0.05) is 42.8 Å². The average Bonchev–Trinajstić information content (AvgIpc) is 3.09. The number of benzene rings is 1. The van der Waals surface area contributed by atoms with Crippen LogP contribution in [0.25, 0.3) is 5.69 Å². The van der Waals surface area contributed by atoms with Gasteiger partial charge in [-0.05, 0) is 48.9 Å². The van der Waals surface area contributed by atoms with Crippen molar-refractivity contribution in [3.05, 3.63) is 48.5 Å². The van der Waals surface area contributed by atoms with E-state index in [9.17, 15) is 4.79 Å². The number of nitrogens with zero attached hydrogens (tertiary/aromatic N) is 3. The Morgan fingerprint density at radius 3 is 2.59 bits per heavy atom. The predicted molar refractivity (Wildman–Crippen MR) is 83.7 cm³/mol. The number of rotatable bonds is 3. The first-order valence-corrected chi connectivity index (χ1v) is 7.85. The summed E-state index contributed by atoms with van der Waals surface area (Å²) in [4.78, 5) is 18.6. The van der Waals surface area contributed by atoms with Gasteiger partial charge in [0.1, 0.15) is 0 Å². The van der Waals surface area contributed by atoms with E-state index in [1.165, 1.54) is 12.8 Å². The lowest BCUT2D eigenvalue weighted by molar-refractivity contribution is 0.0785. The van der Waals surface area contributed by atoms with Gasteiger partial charge in [-0.25, -0.2) is 4.98 Å². The second-order valence-corrected chi connectivity index (χ2v) is 6.39. The number of carbonyl (C=O) groups excluding carboxylic acids is 1. The fraction of sp³-hybridized carbons (Fsp3) is 0.412. The number of hydrogen-bond acceptors (Lipinski definition) is 3. The van der Waals surface area contributed by atoms with Crippen LogP contribution in [-0.2, 0) is 0 Å². The van der Waals surface area contributed by atoms with Gasteiger partial charge in [-0.1, -0.05) is 0 Å². The highest BCUT2D eigenvalue weighted by Crippen LogP contribution is 2.41. The molecule has 1 saturated heterocycles. The Morgan fingerprint density at radius 1 is 1.18 bits per heavy atom. The zero-order valence-corrected chi connectivity index (χ0v) is 12.4. The van der Waals surface area contributed by atoms with Crippen LogP contribution < -0.4 is 5.73 Å². The number of hydrogen-bond donors (Lipinski definition) is 1. The first-order chi connectivity index (χ1) is 10.7. The third-order valence-electron chi connectivity index (χ3n) is 4.84. The molecule has 114 valence electrons. The SMILES string of the molecule is N[C@H]1CN(C(=O)c2ccc(-n3ccnc3)cc2)C[C@@H]1C1CC1. The van der Waals surface area contributed by atoms with Crippen LogP contribution in [0.4, 0.5) is 0 Å². The van der Waals surface area contributed by atoms with Gasteiger partial charge in [0.25, 0.3) is 5.91 Å². The predicted octanol–water partition coefficient (Wildman–Crippen LogP) is 1.68. The molecule has 2 fully saturated rings. The molecule has 2 heterocycles. The average molecular weight is 296 g/mol. The van der Waals surface area contributed by atoms with Gasteiger partial charge in [-0.15, -0.1) is 0 Å². The van der Waals surface area contributed by atoms with E-state index in [4.69, 9.17) is 5.73 Å². The molecule has 1 aliphatic heterocycles. The van der Waals surface area contributed by atoms with Gasteiger partial charge in [0.05, 0.1) is 6.33 Å². The van der Waals surface area contributed by atoms with Crippen LogP contribution >= 0.6 is 0 Å². The highest BCUT2D eigenvalue weighted by molar-refractivity contribution is 5.94. The van der Waals surface area contributed by atoms with Gasteiger partial charge in [0.2, 0.25) is 0 Å². The maximum absolute atomic E-state index is 12.6. The van der Waals surface area contributed by atoms with Gasteiger partial charge in [-0.3, -0.25) is 4.79 Å². The van der Waals surface area contributed by atoms with E-state index < -0.39 is 0 Å². The molecule has 1 amide bonds. The van der Waals surface area contributed by atoms with Crippen molar-refractivity contribution in [2.24, 2.45) is 17.6 Å². The lowest BCUT2D eigenvalue weighted by Gasteiger charge is -2.16. The Kier molecular flexibility index (Phi) is 3.22. The maximum Gasteiger partial charge on any atom is 0.253 e. The molecule has 5 nitrogen and oxygen atoms in total. The second kappa shape index (κ2) is 5.25. The van der Waals surface area contributed by atoms with E-state index in [0.29, 0.717) is 12.5 Å². The summed E-state index contributed by atoms with van der Waals surface area (Å²) in [5, 5.41) is 0. The number of amides is 1. The lowest BCUT2D eigenvalue weighted by atomic mass is 9.99. The van der Waals surface area contributed by atoms with Crippen molar-refractivity contribution in [3.8, 4) is 5.69 Å². The minimum atomic E-state index is 0.0933. The molecule has 1 saturated carbocycles. The standard InChI is InChI=1S/C17H20N4O/c18-16-10-21(9-15(16)12-1-2-12)17(22)13-3-5-14(6-4-13)20-8-7-19-11-20/h3-8,11-12,15-16H,1-2,9-10,18H2/t15-,16+/m1/s1. The van der Waals surface area contributed by atoms with Crippen LogP contribution in [0.5, 0.6) is 0 Å². The molecule has 0 bridgehead atoms. The molecule has 2 N–H and O–H groups in total. The molecule has 2 aliphatic rings. The smallest absolute Gasteiger partial charge is 0.253 e. The monoisotopic (exact) mass is 296 g/mol. The van der Waals surface area contributed by atoms with Crippen LogP contribution in [0, 0.1) is 11.8 Å². The molecule has 0 unspecified atom stereocenters. The van der Waals surface area contributed by atoms with Gasteiger partial charge < -0.3 is 15.2 Å². The third-order valence-corrected chi connectivity index (χ3v) is 4.84. The van der Waals surface area contributed by atoms with E-state index in [0.717, 1.165) is 23.7 Å². The summed E-state index contributed by atoms with van der Waals surface area (Å²) in [5.41, 5.74) is 7.94. The Balaban J connectivity index is 1.48. The summed E-state index contributed by atoms with van der Waals surface area (Å²) in [7, 11) is 0. The summed E-state index contributed by atoms with van der Waals surface area (Å²) in [6.07, 6.45) is 7.93. The van der Waals surface area contributed by atoms with Crippen molar-refractivity contribution in [1.82, 2.24) is 14.5 Å². The molecular weight excluding hydrogens is 276 g/mol. The van der Waals surface area contributed by atoms with Crippen LogP contribution in [0.2, 0.25) is 0 Å². The molecule has 22 heavy (non-hydrogen) atoms. The van der Waals surface area contributed by atoms with Crippen LogP contribution in [0.15, 0.2) is 43.0 Å². The third kappa shape index (κ3) is 2.41. The second-order valence-electron chi connectivity index (χ2n) is 6.39. The highest BCUT2D eigenvalue weighted by Gasteiger charge is 2.42. The summed E-state index contributed by atoms with van der Waals surface area (Å²) in [5.74, 6) is 1.33. The van der Waals surface area contributed by atoms with Crippen molar-refractivity contribution >= 4 is 5.91 Å². The molecule has 2 aromatic rings. The number of imidazole rings is 1. The van der Waals surface area contributed by atoms with Crippen molar-refractivity contribution in [1.29, 1.82) is 0 Å². The fourth-order valence-corrected chi connectivity index (χ4v) is 3.41. The number of likely N-dealkylation sites (tertiary alicyclic amines) is 1. The molecule has 0 radical (unpaired) electrons. The van der Waals surface area contributed by atoms with E-state index in [2.05, 4.69) is 4.98 Å². The topological polar surface area (TPSA) is 64.2 Å². The summed E-state index contributed by atoms with van der Waals surface area (Å²) >= 11 is 0. The minimum absolute atomic E-state index is 0.0933. The van der Waals surface area contributed by atoms with E-state index >= 15 is 0 Å². The Bertz CT molecular complexity index is 660. The zero-order chi connectivity index (χ0) is 15.1. The highest BCUT2D eigenvalue weighted by atomic mass is 16.2. The van der Waals surface area contributed by atoms with E-state index in [1.807, 2.05) is 39.9 Å². The molecule has 1 aromatic carbocycles. The van der Waals surface area contributed by atoms with Crippen LogP contribution in [-0.4, -0.2) is 39.5 Å². The van der Waals surface area contributed by atoms with Gasteiger partial charge in [-0.2, -0.15) is 0 Å². The Hall–Kier alpha value is -2.14. The zero-order valence-electron chi connectivity index (χ0n) is 12.4.